The molecule has 1 aliphatic rings. The van der Waals surface area contributed by atoms with Gasteiger partial charge in [-0.25, -0.2) is 0 Å². The van der Waals surface area contributed by atoms with Crippen molar-refractivity contribution in [2.75, 3.05) is 17.2 Å². The molecule has 0 aliphatic carbocycles. The lowest BCUT2D eigenvalue weighted by Crippen LogP contribution is -2.38. The third-order valence-electron chi connectivity index (χ3n) is 4.76. The summed E-state index contributed by atoms with van der Waals surface area (Å²) in [5, 5.41) is 16.9. The van der Waals surface area contributed by atoms with Gasteiger partial charge >= 0.3 is 18.2 Å². The van der Waals surface area contributed by atoms with Crippen LogP contribution in [0.4, 0.5) is 30.4 Å². The number of rotatable bonds is 7. The molecule has 0 amide bonds. The van der Waals surface area contributed by atoms with Crippen molar-refractivity contribution < 1.29 is 32.3 Å². The molecule has 0 radical (unpaired) electrons. The number of thiocarbonyl (C=S) groups is 1. The minimum absolute atomic E-state index is 0.172. The van der Waals surface area contributed by atoms with Crippen LogP contribution in [0.1, 0.15) is 6.92 Å². The molecule has 0 saturated heterocycles. The molecule has 35 heavy (non-hydrogen) atoms. The van der Waals surface area contributed by atoms with Gasteiger partial charge in [0, 0.05) is 16.4 Å². The topological polar surface area (TPSA) is 113 Å². The van der Waals surface area contributed by atoms with Crippen molar-refractivity contribution in [3.63, 3.8) is 0 Å². The summed E-state index contributed by atoms with van der Waals surface area (Å²) in [4.78, 5) is 14.1. The van der Waals surface area contributed by atoms with Gasteiger partial charge in [-0.2, -0.15) is 0 Å². The third-order valence-corrected chi connectivity index (χ3v) is 4.96. The fourth-order valence-electron chi connectivity index (χ4n) is 3.26. The zero-order chi connectivity index (χ0) is 25.2. The maximum absolute atomic E-state index is 12.2. The molecule has 184 valence electrons. The molecule has 2 heterocycles. The van der Waals surface area contributed by atoms with Crippen molar-refractivity contribution in [2.24, 2.45) is 0 Å². The molecule has 2 aromatic carbocycles. The number of hydrogen-bond donors (Lipinski definition) is 2. The third kappa shape index (κ3) is 6.29. The van der Waals surface area contributed by atoms with Crippen LogP contribution in [0.2, 0.25) is 0 Å². The number of nitrogens with one attached hydrogen (secondary N) is 2. The van der Waals surface area contributed by atoms with Gasteiger partial charge in [-0.3, -0.25) is 4.57 Å². The normalized spacial score (nSPS) is 16.7. The predicted molar refractivity (Wildman–Crippen MR) is 123 cm³/mol. The van der Waals surface area contributed by atoms with Crippen molar-refractivity contribution in [1.29, 1.82) is 0 Å². The number of ether oxygens (including phenoxy) is 3. The van der Waals surface area contributed by atoms with E-state index in [2.05, 4.69) is 20.4 Å². The van der Waals surface area contributed by atoms with E-state index in [9.17, 15) is 23.3 Å². The number of halogens is 3. The van der Waals surface area contributed by atoms with Crippen LogP contribution in [0.5, 0.6) is 17.5 Å². The number of anilines is 2. The first-order chi connectivity index (χ1) is 16.5. The van der Waals surface area contributed by atoms with Gasteiger partial charge in [0.15, 0.2) is 10.7 Å². The second-order valence-corrected chi connectivity index (χ2v) is 8.19. The Morgan fingerprint density at radius 3 is 2.26 bits per heavy atom. The standard InChI is InChI=1S/C21H18F3N5O5S/c1-20(11-28-10-17(29(30)31)27-19(28)34-20)12-32-15-6-2-13(3-7-15)25-18(35)26-14-4-8-16(9-5-14)33-21(22,23)24/h2-10H,11-12H2,1H3,(H2,25,26,35). The highest BCUT2D eigenvalue weighted by atomic mass is 32.1. The van der Waals surface area contributed by atoms with E-state index in [1.807, 2.05) is 6.92 Å². The molecule has 3 aromatic rings. The molecule has 0 fully saturated rings. The SMILES string of the molecule is CC1(COc2ccc(NC(=S)Nc3ccc(OC(F)(F)F)cc3)cc2)Cn2cc([N+](=O)[O-])nc2O1. The molecule has 0 spiro atoms. The van der Waals surface area contributed by atoms with E-state index >= 15 is 0 Å². The number of nitro groups is 1. The fourth-order valence-corrected chi connectivity index (χ4v) is 3.50. The lowest BCUT2D eigenvalue weighted by atomic mass is 10.1. The van der Waals surface area contributed by atoms with Crippen molar-refractivity contribution in [1.82, 2.24) is 9.55 Å². The Morgan fingerprint density at radius 2 is 1.74 bits per heavy atom. The Kier molecular flexibility index (Phi) is 6.39. The van der Waals surface area contributed by atoms with E-state index in [4.69, 9.17) is 21.7 Å². The molecule has 4 rings (SSSR count). The first-order valence-corrected chi connectivity index (χ1v) is 10.5. The van der Waals surface area contributed by atoms with Crippen molar-refractivity contribution in [3.05, 3.63) is 64.8 Å². The number of imidazole rings is 1. The van der Waals surface area contributed by atoms with Crippen LogP contribution in [-0.2, 0) is 6.54 Å². The van der Waals surface area contributed by atoms with Gasteiger partial charge in [0.25, 0.3) is 0 Å². The fraction of sp³-hybridized carbons (Fsp3) is 0.238. The van der Waals surface area contributed by atoms with Crippen molar-refractivity contribution in [3.8, 4) is 17.5 Å². The molecule has 2 N–H and O–H groups in total. The van der Waals surface area contributed by atoms with E-state index in [1.165, 1.54) is 30.5 Å². The van der Waals surface area contributed by atoms with Crippen molar-refractivity contribution in [2.45, 2.75) is 25.4 Å². The number of fused-ring (bicyclic) bond motifs is 1. The van der Waals surface area contributed by atoms with Crippen LogP contribution in [0.25, 0.3) is 0 Å². The summed E-state index contributed by atoms with van der Waals surface area (Å²) in [6, 6.07) is 12.2. The Bertz CT molecular complexity index is 1210. The van der Waals surface area contributed by atoms with Gasteiger partial charge in [-0.15, -0.1) is 13.2 Å². The van der Waals surface area contributed by atoms with Crippen LogP contribution >= 0.6 is 12.2 Å². The van der Waals surface area contributed by atoms with Crippen molar-refractivity contribution >= 4 is 34.5 Å². The molecule has 1 unspecified atom stereocenters. The highest BCUT2D eigenvalue weighted by Gasteiger charge is 2.41. The molecule has 1 aliphatic heterocycles. The zero-order valence-electron chi connectivity index (χ0n) is 18.0. The van der Waals surface area contributed by atoms with Gasteiger partial charge < -0.3 is 35.0 Å². The van der Waals surface area contributed by atoms with E-state index < -0.39 is 16.9 Å². The van der Waals surface area contributed by atoms with Crippen LogP contribution in [0.15, 0.2) is 54.7 Å². The number of hydrogen-bond acceptors (Lipinski definition) is 7. The number of aromatic nitrogens is 2. The molecule has 0 saturated carbocycles. The second kappa shape index (κ2) is 9.29. The van der Waals surface area contributed by atoms with Gasteiger partial charge in [0.2, 0.25) is 0 Å². The minimum Gasteiger partial charge on any atom is -0.489 e. The average Bonchev–Trinajstić information content (AvgIpc) is 3.29. The van der Waals surface area contributed by atoms with Crippen LogP contribution in [0.3, 0.4) is 0 Å². The van der Waals surface area contributed by atoms with E-state index in [0.717, 1.165) is 0 Å². The quantitative estimate of drug-likeness (QED) is 0.265. The first-order valence-electron chi connectivity index (χ1n) is 10.1. The zero-order valence-corrected chi connectivity index (χ0v) is 18.9. The van der Waals surface area contributed by atoms with E-state index in [0.29, 0.717) is 23.7 Å². The van der Waals surface area contributed by atoms with Gasteiger partial charge in [0.05, 0.1) is 6.54 Å². The Morgan fingerprint density at radius 1 is 1.17 bits per heavy atom. The summed E-state index contributed by atoms with van der Waals surface area (Å²) < 4.78 is 53.7. The predicted octanol–water partition coefficient (Wildman–Crippen LogP) is 4.73. The molecule has 1 aromatic heterocycles. The molecule has 14 heteroatoms. The summed E-state index contributed by atoms with van der Waals surface area (Å²) in [6.07, 6.45) is -3.43. The average molecular weight is 509 g/mol. The molecular weight excluding hydrogens is 491 g/mol. The van der Waals surface area contributed by atoms with Gasteiger partial charge in [-0.1, -0.05) is 0 Å². The van der Waals surface area contributed by atoms with Gasteiger partial charge in [0.1, 0.15) is 24.3 Å². The molecule has 1 atom stereocenters. The molecular formula is C21H18F3N5O5S. The largest absolute Gasteiger partial charge is 0.573 e. The Labute approximate surface area is 201 Å². The van der Waals surface area contributed by atoms with Gasteiger partial charge in [-0.05, 0) is 72.6 Å². The lowest BCUT2D eigenvalue weighted by Gasteiger charge is -2.22. The molecule has 0 bridgehead atoms. The minimum atomic E-state index is -4.75. The summed E-state index contributed by atoms with van der Waals surface area (Å²) in [5.41, 5.74) is 0.398. The maximum Gasteiger partial charge on any atom is 0.573 e. The Hall–Kier alpha value is -4.07. The first kappa shape index (κ1) is 24.1. The number of alkyl halides is 3. The highest BCUT2D eigenvalue weighted by Crippen LogP contribution is 2.31. The number of nitrogens with zero attached hydrogens (tertiary/aromatic N) is 3. The maximum atomic E-state index is 12.2. The highest BCUT2D eigenvalue weighted by molar-refractivity contribution is 7.80. The second-order valence-electron chi connectivity index (χ2n) is 7.78. The van der Waals surface area contributed by atoms with Crippen LogP contribution in [-0.4, -0.2) is 38.2 Å². The van der Waals surface area contributed by atoms with Crippen LogP contribution < -0.4 is 24.8 Å². The van der Waals surface area contributed by atoms with E-state index in [-0.39, 0.29) is 29.3 Å². The summed E-state index contributed by atoms with van der Waals surface area (Å²) in [6.45, 7) is 2.35. The van der Waals surface area contributed by atoms with E-state index in [1.54, 1.807) is 28.8 Å². The Balaban J connectivity index is 1.25. The lowest BCUT2D eigenvalue weighted by molar-refractivity contribution is -0.389. The number of benzene rings is 2. The summed E-state index contributed by atoms with van der Waals surface area (Å²) in [5.74, 6) is -0.0403. The summed E-state index contributed by atoms with van der Waals surface area (Å²) >= 11 is 5.23. The summed E-state index contributed by atoms with van der Waals surface area (Å²) in [7, 11) is 0. The smallest absolute Gasteiger partial charge is 0.489 e. The monoisotopic (exact) mass is 509 g/mol. The van der Waals surface area contributed by atoms with Crippen LogP contribution in [0, 0.1) is 10.1 Å². The molecule has 10 nitrogen and oxygen atoms in total.